The van der Waals surface area contributed by atoms with Crippen LogP contribution >= 0.6 is 11.6 Å². The van der Waals surface area contributed by atoms with Gasteiger partial charge in [0.2, 0.25) is 5.91 Å². The Labute approximate surface area is 152 Å². The maximum absolute atomic E-state index is 12.9. The van der Waals surface area contributed by atoms with Crippen LogP contribution in [0.15, 0.2) is 61.3 Å². The van der Waals surface area contributed by atoms with Crippen molar-refractivity contribution in [2.75, 3.05) is 5.32 Å². The zero-order valence-electron chi connectivity index (χ0n) is 13.5. The number of nitrogens with zero attached hydrogens (tertiary/aromatic N) is 1. The standard InChI is InChI=1S/C19H14ClF3N2O/c1-2-17(26)24-15-9-13-6-7-25(18(13)16(20)10-15)11-12-4-3-5-14(8-12)19(21,22)23/h2-10H,1,11H2,(H,24,26). The van der Waals surface area contributed by atoms with Crippen molar-refractivity contribution in [1.29, 1.82) is 0 Å². The Kier molecular flexibility index (Phi) is 4.78. The summed E-state index contributed by atoms with van der Waals surface area (Å²) in [6, 6.07) is 10.3. The average molecular weight is 379 g/mol. The van der Waals surface area contributed by atoms with Crippen LogP contribution in [0.25, 0.3) is 10.9 Å². The van der Waals surface area contributed by atoms with Crippen molar-refractivity contribution in [3.63, 3.8) is 0 Å². The highest BCUT2D eigenvalue weighted by atomic mass is 35.5. The van der Waals surface area contributed by atoms with Crippen molar-refractivity contribution in [3.05, 3.63) is 77.5 Å². The Balaban J connectivity index is 1.95. The lowest BCUT2D eigenvalue weighted by molar-refractivity contribution is -0.137. The summed E-state index contributed by atoms with van der Waals surface area (Å²) in [5, 5.41) is 3.79. The van der Waals surface area contributed by atoms with Crippen molar-refractivity contribution in [3.8, 4) is 0 Å². The average Bonchev–Trinajstić information content (AvgIpc) is 2.97. The largest absolute Gasteiger partial charge is 0.416 e. The minimum atomic E-state index is -4.38. The first-order chi connectivity index (χ1) is 12.3. The third-order valence-corrected chi connectivity index (χ3v) is 4.16. The molecule has 1 aromatic heterocycles. The molecule has 26 heavy (non-hydrogen) atoms. The maximum atomic E-state index is 12.9. The molecule has 3 rings (SSSR count). The van der Waals surface area contributed by atoms with Crippen LogP contribution in [-0.2, 0) is 17.5 Å². The molecule has 1 N–H and O–H groups in total. The molecule has 0 aliphatic heterocycles. The lowest BCUT2D eigenvalue weighted by atomic mass is 10.1. The molecule has 3 nitrogen and oxygen atoms in total. The van der Waals surface area contributed by atoms with E-state index >= 15 is 0 Å². The fourth-order valence-corrected chi connectivity index (χ4v) is 3.07. The van der Waals surface area contributed by atoms with E-state index in [9.17, 15) is 18.0 Å². The Morgan fingerprint density at radius 2 is 2.00 bits per heavy atom. The van der Waals surface area contributed by atoms with E-state index in [0.29, 0.717) is 21.8 Å². The first-order valence-electron chi connectivity index (χ1n) is 7.66. The topological polar surface area (TPSA) is 34.0 Å². The number of carbonyl (C=O) groups is 1. The van der Waals surface area contributed by atoms with E-state index in [2.05, 4.69) is 11.9 Å². The van der Waals surface area contributed by atoms with Crippen LogP contribution in [0.4, 0.5) is 18.9 Å². The fraction of sp³-hybridized carbons (Fsp3) is 0.105. The highest BCUT2D eigenvalue weighted by Crippen LogP contribution is 2.32. The number of alkyl halides is 3. The van der Waals surface area contributed by atoms with Crippen LogP contribution in [0.1, 0.15) is 11.1 Å². The molecule has 3 aromatic rings. The van der Waals surface area contributed by atoms with Crippen LogP contribution in [0, 0.1) is 0 Å². The van der Waals surface area contributed by atoms with Crippen molar-refractivity contribution in [2.24, 2.45) is 0 Å². The molecule has 1 amide bonds. The number of hydrogen-bond acceptors (Lipinski definition) is 1. The Morgan fingerprint density at radius 3 is 2.69 bits per heavy atom. The summed E-state index contributed by atoms with van der Waals surface area (Å²) in [6.45, 7) is 3.63. The zero-order chi connectivity index (χ0) is 18.9. The highest BCUT2D eigenvalue weighted by Gasteiger charge is 2.30. The monoisotopic (exact) mass is 378 g/mol. The normalized spacial score (nSPS) is 11.5. The summed E-state index contributed by atoms with van der Waals surface area (Å²) in [6.07, 6.45) is -1.49. The fourth-order valence-electron chi connectivity index (χ4n) is 2.74. The maximum Gasteiger partial charge on any atom is 0.416 e. The quantitative estimate of drug-likeness (QED) is 0.599. The van der Waals surface area contributed by atoms with Gasteiger partial charge in [-0.3, -0.25) is 4.79 Å². The molecule has 0 radical (unpaired) electrons. The predicted molar refractivity (Wildman–Crippen MR) is 96.3 cm³/mol. The highest BCUT2D eigenvalue weighted by molar-refractivity contribution is 6.35. The van der Waals surface area contributed by atoms with E-state index < -0.39 is 11.7 Å². The Bertz CT molecular complexity index is 992. The van der Waals surface area contributed by atoms with Crippen molar-refractivity contribution >= 4 is 34.1 Å². The first kappa shape index (κ1) is 18.1. The molecule has 2 aromatic carbocycles. The molecule has 0 saturated heterocycles. The van der Waals surface area contributed by atoms with Gasteiger partial charge in [-0.1, -0.05) is 30.3 Å². The van der Waals surface area contributed by atoms with Crippen LogP contribution in [0.3, 0.4) is 0 Å². The number of benzene rings is 2. The van der Waals surface area contributed by atoms with Gasteiger partial charge in [-0.2, -0.15) is 13.2 Å². The van der Waals surface area contributed by atoms with Crippen LogP contribution in [0.5, 0.6) is 0 Å². The number of carbonyl (C=O) groups excluding carboxylic acids is 1. The molecule has 7 heteroatoms. The van der Waals surface area contributed by atoms with Crippen molar-refractivity contribution < 1.29 is 18.0 Å². The molecule has 1 heterocycles. The van der Waals surface area contributed by atoms with E-state index in [4.69, 9.17) is 11.6 Å². The van der Waals surface area contributed by atoms with E-state index in [1.807, 2.05) is 0 Å². The lowest BCUT2D eigenvalue weighted by Gasteiger charge is -2.11. The summed E-state index contributed by atoms with van der Waals surface area (Å²) in [5.41, 5.74) is 1.02. The SMILES string of the molecule is C=CC(=O)Nc1cc(Cl)c2c(ccn2Cc2cccc(C(F)(F)F)c2)c1. The van der Waals surface area contributed by atoms with Gasteiger partial charge in [0, 0.05) is 23.8 Å². The molecule has 0 fully saturated rings. The van der Waals surface area contributed by atoms with Gasteiger partial charge in [-0.15, -0.1) is 0 Å². The number of rotatable bonds is 4. The molecule has 0 spiro atoms. The minimum Gasteiger partial charge on any atom is -0.342 e. The molecule has 0 aliphatic rings. The third-order valence-electron chi connectivity index (χ3n) is 3.87. The van der Waals surface area contributed by atoms with Gasteiger partial charge in [-0.25, -0.2) is 0 Å². The summed E-state index contributed by atoms with van der Waals surface area (Å²) < 4.78 is 40.4. The molecule has 134 valence electrons. The van der Waals surface area contributed by atoms with Gasteiger partial charge in [0.25, 0.3) is 0 Å². The lowest BCUT2D eigenvalue weighted by Crippen LogP contribution is -2.07. The van der Waals surface area contributed by atoms with Crippen LogP contribution < -0.4 is 5.32 Å². The number of amides is 1. The van der Waals surface area contributed by atoms with Gasteiger partial charge < -0.3 is 9.88 Å². The number of halogens is 4. The predicted octanol–water partition coefficient (Wildman–Crippen LogP) is 5.49. The van der Waals surface area contributed by atoms with Gasteiger partial charge in [0.1, 0.15) is 0 Å². The van der Waals surface area contributed by atoms with E-state index in [1.54, 1.807) is 35.0 Å². The van der Waals surface area contributed by atoms with Gasteiger partial charge in [0.15, 0.2) is 0 Å². The minimum absolute atomic E-state index is 0.242. The zero-order valence-corrected chi connectivity index (χ0v) is 14.2. The molecular weight excluding hydrogens is 365 g/mol. The van der Waals surface area contributed by atoms with Crippen LogP contribution in [0.2, 0.25) is 5.02 Å². The molecule has 0 unspecified atom stereocenters. The number of fused-ring (bicyclic) bond motifs is 1. The van der Waals surface area contributed by atoms with E-state index in [0.717, 1.165) is 23.6 Å². The summed E-state index contributed by atoms with van der Waals surface area (Å²) in [7, 11) is 0. The number of nitrogens with one attached hydrogen (secondary N) is 1. The van der Waals surface area contributed by atoms with Crippen molar-refractivity contribution in [2.45, 2.75) is 12.7 Å². The second kappa shape index (κ2) is 6.88. The van der Waals surface area contributed by atoms with Gasteiger partial charge in [-0.05, 0) is 42.0 Å². The molecule has 0 bridgehead atoms. The van der Waals surface area contributed by atoms with Gasteiger partial charge >= 0.3 is 6.18 Å². The summed E-state index contributed by atoms with van der Waals surface area (Å²) >= 11 is 6.33. The van der Waals surface area contributed by atoms with E-state index in [-0.39, 0.29) is 12.5 Å². The second-order valence-electron chi connectivity index (χ2n) is 5.73. The summed E-state index contributed by atoms with van der Waals surface area (Å²) in [5.74, 6) is -0.358. The smallest absolute Gasteiger partial charge is 0.342 e. The molecule has 0 saturated carbocycles. The first-order valence-corrected chi connectivity index (χ1v) is 8.03. The Morgan fingerprint density at radius 1 is 1.23 bits per heavy atom. The van der Waals surface area contributed by atoms with E-state index in [1.165, 1.54) is 6.07 Å². The van der Waals surface area contributed by atoms with Gasteiger partial charge in [0.05, 0.1) is 16.1 Å². The Hall–Kier alpha value is -2.73. The van der Waals surface area contributed by atoms with Crippen molar-refractivity contribution in [1.82, 2.24) is 4.57 Å². The number of anilines is 1. The number of hydrogen-bond donors (Lipinski definition) is 1. The molecule has 0 aliphatic carbocycles. The summed E-state index contributed by atoms with van der Waals surface area (Å²) in [4.78, 5) is 11.4. The second-order valence-corrected chi connectivity index (χ2v) is 6.14. The number of aromatic nitrogens is 1. The van der Waals surface area contributed by atoms with Crippen LogP contribution in [-0.4, -0.2) is 10.5 Å². The molecule has 0 atom stereocenters. The molecular formula is C19H14ClF3N2O. The third kappa shape index (κ3) is 3.75.